The maximum absolute atomic E-state index is 12.4. The van der Waals surface area contributed by atoms with Crippen molar-refractivity contribution in [2.45, 2.75) is 25.8 Å². The van der Waals surface area contributed by atoms with Gasteiger partial charge in [-0.15, -0.1) is 11.3 Å². The van der Waals surface area contributed by atoms with Gasteiger partial charge in [-0.1, -0.05) is 29.8 Å². The fourth-order valence-electron chi connectivity index (χ4n) is 2.20. The molecule has 0 aliphatic rings. The summed E-state index contributed by atoms with van der Waals surface area (Å²) in [7, 11) is 1.54. The Hall–Kier alpha value is -2.25. The van der Waals surface area contributed by atoms with E-state index in [9.17, 15) is 9.59 Å². The Morgan fingerprint density at radius 1 is 1.29 bits per heavy atom. The molecule has 128 valence electrons. The molecule has 2 amide bonds. The first kappa shape index (κ1) is 18.1. The second-order valence-electron chi connectivity index (χ2n) is 5.48. The van der Waals surface area contributed by atoms with Crippen LogP contribution in [0.3, 0.4) is 0 Å². The van der Waals surface area contributed by atoms with Gasteiger partial charge in [0, 0.05) is 18.0 Å². The first-order valence-electron chi connectivity index (χ1n) is 7.80. The number of nitrogens with zero attached hydrogens (tertiary/aromatic N) is 1. The normalized spacial score (nSPS) is 11.8. The first-order valence-corrected chi connectivity index (χ1v) is 8.68. The van der Waals surface area contributed by atoms with Crippen LogP contribution in [0.25, 0.3) is 10.6 Å². The number of carbonyl (C=O) groups is 2. The molecule has 0 bridgehead atoms. The smallest absolute Gasteiger partial charge is 0.271 e. The Kier molecular flexibility index (Phi) is 6.45. The molecule has 0 fully saturated rings. The molecular weight excluding hydrogens is 324 g/mol. The number of benzene rings is 1. The Labute approximate surface area is 145 Å². The number of nitrogens with one attached hydrogen (secondary N) is 2. The van der Waals surface area contributed by atoms with Gasteiger partial charge in [-0.25, -0.2) is 4.98 Å². The van der Waals surface area contributed by atoms with E-state index >= 15 is 0 Å². The minimum Gasteiger partial charge on any atom is -0.357 e. The molecule has 1 heterocycles. The average molecular weight is 346 g/mol. The summed E-state index contributed by atoms with van der Waals surface area (Å²) in [4.78, 5) is 28.6. The number of carbonyl (C=O) groups excluding carboxylic acids is 2. The number of thiazole rings is 1. The standard InChI is InChI=1S/C17H22N4O2S/c1-11-5-7-12(8-6-11)17-21-14(10-24-17)16(23)20-13(4-3-9-18)15(22)19-2/h5-8,10,13H,3-4,9,18H2,1-2H3,(H,19,22)(H,20,23)/t13-/m0/s1. The molecule has 0 saturated heterocycles. The van der Waals surface area contributed by atoms with Crippen LogP contribution < -0.4 is 16.4 Å². The third kappa shape index (κ3) is 4.62. The quantitative estimate of drug-likeness (QED) is 0.711. The summed E-state index contributed by atoms with van der Waals surface area (Å²) in [6.45, 7) is 2.49. The molecular formula is C17H22N4O2S. The number of likely N-dealkylation sites (N-methyl/N-ethyl adjacent to an activating group) is 1. The fourth-order valence-corrected chi connectivity index (χ4v) is 3.01. The summed E-state index contributed by atoms with van der Waals surface area (Å²) in [5.41, 5.74) is 7.94. The average Bonchev–Trinajstić information content (AvgIpc) is 3.08. The van der Waals surface area contributed by atoms with Crippen LogP contribution in [0.1, 0.15) is 28.9 Å². The second kappa shape index (κ2) is 8.56. The molecule has 0 saturated carbocycles. The fraction of sp³-hybridized carbons (Fsp3) is 0.353. The molecule has 4 N–H and O–H groups in total. The summed E-state index contributed by atoms with van der Waals surface area (Å²) in [5, 5.41) is 7.76. The predicted molar refractivity (Wildman–Crippen MR) is 95.9 cm³/mol. The Balaban J connectivity index is 2.09. The lowest BCUT2D eigenvalue weighted by Crippen LogP contribution is -2.46. The van der Waals surface area contributed by atoms with E-state index in [4.69, 9.17) is 5.73 Å². The van der Waals surface area contributed by atoms with Gasteiger partial charge in [0.2, 0.25) is 5.91 Å². The molecule has 0 spiro atoms. The number of aryl methyl sites for hydroxylation is 1. The molecule has 6 nitrogen and oxygen atoms in total. The SMILES string of the molecule is CNC(=O)[C@H](CCCN)NC(=O)c1csc(-c2ccc(C)cc2)n1. The van der Waals surface area contributed by atoms with Crippen LogP contribution in [0, 0.1) is 6.92 Å². The number of hydrogen-bond donors (Lipinski definition) is 3. The van der Waals surface area contributed by atoms with Gasteiger partial charge in [-0.05, 0) is 26.3 Å². The maximum Gasteiger partial charge on any atom is 0.271 e. The van der Waals surface area contributed by atoms with Crippen molar-refractivity contribution in [2.24, 2.45) is 5.73 Å². The minimum atomic E-state index is -0.601. The minimum absolute atomic E-state index is 0.231. The van der Waals surface area contributed by atoms with Gasteiger partial charge in [0.05, 0.1) is 0 Å². The summed E-state index contributed by atoms with van der Waals surface area (Å²) >= 11 is 1.40. The Bertz CT molecular complexity index is 697. The van der Waals surface area contributed by atoms with Crippen molar-refractivity contribution < 1.29 is 9.59 Å². The van der Waals surface area contributed by atoms with Crippen LogP contribution in [-0.2, 0) is 4.79 Å². The molecule has 0 radical (unpaired) electrons. The molecule has 0 aliphatic carbocycles. The number of hydrogen-bond acceptors (Lipinski definition) is 5. The van der Waals surface area contributed by atoms with Crippen molar-refractivity contribution in [2.75, 3.05) is 13.6 Å². The molecule has 2 rings (SSSR count). The van der Waals surface area contributed by atoms with Crippen LogP contribution >= 0.6 is 11.3 Å². The highest BCUT2D eigenvalue weighted by atomic mass is 32.1. The van der Waals surface area contributed by atoms with Crippen LogP contribution in [-0.4, -0.2) is 36.4 Å². The third-order valence-corrected chi connectivity index (χ3v) is 4.49. The van der Waals surface area contributed by atoms with Gasteiger partial charge in [0.25, 0.3) is 5.91 Å². The van der Waals surface area contributed by atoms with Crippen LogP contribution in [0.5, 0.6) is 0 Å². The van der Waals surface area contributed by atoms with Gasteiger partial charge < -0.3 is 16.4 Å². The van der Waals surface area contributed by atoms with Crippen LogP contribution in [0.4, 0.5) is 0 Å². The largest absolute Gasteiger partial charge is 0.357 e. The van der Waals surface area contributed by atoms with Gasteiger partial charge in [0.1, 0.15) is 16.7 Å². The lowest BCUT2D eigenvalue weighted by Gasteiger charge is -2.16. The zero-order valence-electron chi connectivity index (χ0n) is 13.8. The van der Waals surface area contributed by atoms with Crippen molar-refractivity contribution in [1.82, 2.24) is 15.6 Å². The zero-order chi connectivity index (χ0) is 17.5. The molecule has 1 aromatic carbocycles. The first-order chi connectivity index (χ1) is 11.5. The van der Waals surface area contributed by atoms with Crippen LogP contribution in [0.15, 0.2) is 29.6 Å². The number of rotatable bonds is 7. The summed E-state index contributed by atoms with van der Waals surface area (Å²) in [6, 6.07) is 7.36. The van der Waals surface area contributed by atoms with E-state index in [2.05, 4.69) is 15.6 Å². The van der Waals surface area contributed by atoms with Crippen molar-refractivity contribution in [1.29, 1.82) is 0 Å². The van der Waals surface area contributed by atoms with Crippen molar-refractivity contribution in [3.05, 3.63) is 40.9 Å². The van der Waals surface area contributed by atoms with E-state index < -0.39 is 6.04 Å². The Morgan fingerprint density at radius 3 is 2.62 bits per heavy atom. The Morgan fingerprint density at radius 2 is 2.00 bits per heavy atom. The maximum atomic E-state index is 12.4. The molecule has 24 heavy (non-hydrogen) atoms. The molecule has 0 aliphatic heterocycles. The highest BCUT2D eigenvalue weighted by molar-refractivity contribution is 7.13. The van der Waals surface area contributed by atoms with E-state index in [-0.39, 0.29) is 11.8 Å². The van der Waals surface area contributed by atoms with Crippen LogP contribution in [0.2, 0.25) is 0 Å². The third-order valence-electron chi connectivity index (χ3n) is 3.60. The second-order valence-corrected chi connectivity index (χ2v) is 6.33. The molecule has 0 unspecified atom stereocenters. The topological polar surface area (TPSA) is 97.1 Å². The predicted octanol–water partition coefficient (Wildman–Crippen LogP) is 1.70. The van der Waals surface area contributed by atoms with E-state index in [1.165, 1.54) is 16.9 Å². The van der Waals surface area contributed by atoms with Gasteiger partial charge >= 0.3 is 0 Å². The lowest BCUT2D eigenvalue weighted by molar-refractivity contribution is -0.122. The van der Waals surface area contributed by atoms with Crippen molar-refractivity contribution >= 4 is 23.2 Å². The molecule has 1 atom stereocenters. The van der Waals surface area contributed by atoms with Gasteiger partial charge in [-0.3, -0.25) is 9.59 Å². The summed E-state index contributed by atoms with van der Waals surface area (Å²) in [5.74, 6) is -0.582. The molecule has 1 aromatic heterocycles. The van der Waals surface area contributed by atoms with E-state index in [1.54, 1.807) is 12.4 Å². The van der Waals surface area contributed by atoms with Gasteiger partial charge in [0.15, 0.2) is 0 Å². The zero-order valence-corrected chi connectivity index (χ0v) is 14.7. The van der Waals surface area contributed by atoms with E-state index in [0.717, 1.165) is 10.6 Å². The highest BCUT2D eigenvalue weighted by Gasteiger charge is 2.21. The van der Waals surface area contributed by atoms with Crippen molar-refractivity contribution in [3.8, 4) is 10.6 Å². The highest BCUT2D eigenvalue weighted by Crippen LogP contribution is 2.24. The summed E-state index contributed by atoms with van der Waals surface area (Å²) in [6.07, 6.45) is 1.15. The molecule has 2 aromatic rings. The number of nitrogens with two attached hydrogens (primary N) is 1. The molecule has 7 heteroatoms. The summed E-state index contributed by atoms with van der Waals surface area (Å²) < 4.78 is 0. The van der Waals surface area contributed by atoms with Crippen molar-refractivity contribution in [3.63, 3.8) is 0 Å². The van der Waals surface area contributed by atoms with E-state index in [1.807, 2.05) is 31.2 Å². The number of amides is 2. The van der Waals surface area contributed by atoms with Gasteiger partial charge in [-0.2, -0.15) is 0 Å². The monoisotopic (exact) mass is 346 g/mol. The number of aromatic nitrogens is 1. The lowest BCUT2D eigenvalue weighted by atomic mass is 10.1. The van der Waals surface area contributed by atoms with E-state index in [0.29, 0.717) is 25.1 Å².